The van der Waals surface area contributed by atoms with Crippen molar-refractivity contribution >= 4 is 66.1 Å². The highest BCUT2D eigenvalue weighted by Gasteiger charge is 2.33. The molecule has 0 saturated heterocycles. The van der Waals surface area contributed by atoms with Gasteiger partial charge in [0.1, 0.15) is 0 Å². The van der Waals surface area contributed by atoms with Gasteiger partial charge in [0.05, 0.1) is 0 Å². The normalized spacial score (nSPS) is 13.3. The SMILES string of the molecule is O=P(c1ccccc1)(c1cccc2ccccc12)c1cc2cc3ccccc3cc2c2ccccc12. The predicted molar refractivity (Wildman–Crippen MR) is 156 cm³/mol. The van der Waals surface area contributed by atoms with Gasteiger partial charge in [0.25, 0.3) is 0 Å². The Labute approximate surface area is 210 Å². The average molecular weight is 479 g/mol. The van der Waals surface area contributed by atoms with Crippen LogP contribution in [0.2, 0.25) is 0 Å². The van der Waals surface area contributed by atoms with Gasteiger partial charge in [-0.2, -0.15) is 0 Å². The van der Waals surface area contributed by atoms with Gasteiger partial charge in [-0.05, 0) is 61.3 Å². The van der Waals surface area contributed by atoms with Crippen LogP contribution in [0.5, 0.6) is 0 Å². The summed E-state index contributed by atoms with van der Waals surface area (Å²) in [6, 6.07) is 48.0. The number of rotatable bonds is 3. The van der Waals surface area contributed by atoms with Crippen LogP contribution < -0.4 is 15.9 Å². The molecule has 7 aromatic rings. The van der Waals surface area contributed by atoms with Crippen LogP contribution in [0.4, 0.5) is 0 Å². The summed E-state index contributed by atoms with van der Waals surface area (Å²) in [5, 5.41) is 11.6. The molecule has 0 amide bonds. The lowest BCUT2D eigenvalue weighted by Gasteiger charge is -2.24. The lowest BCUT2D eigenvalue weighted by Crippen LogP contribution is -2.26. The Kier molecular flexibility index (Phi) is 4.81. The van der Waals surface area contributed by atoms with Gasteiger partial charge in [0, 0.05) is 15.9 Å². The van der Waals surface area contributed by atoms with Crippen molar-refractivity contribution in [3.63, 3.8) is 0 Å². The first-order valence-corrected chi connectivity index (χ1v) is 13.9. The number of benzene rings is 7. The molecule has 1 atom stereocenters. The summed E-state index contributed by atoms with van der Waals surface area (Å²) in [5.74, 6) is 0. The fourth-order valence-electron chi connectivity index (χ4n) is 5.57. The van der Waals surface area contributed by atoms with Gasteiger partial charge in [0.15, 0.2) is 7.14 Å². The van der Waals surface area contributed by atoms with Crippen molar-refractivity contribution in [1.29, 1.82) is 0 Å². The van der Waals surface area contributed by atoms with Crippen molar-refractivity contribution in [2.45, 2.75) is 0 Å². The van der Waals surface area contributed by atoms with Crippen molar-refractivity contribution in [1.82, 2.24) is 0 Å². The Morgan fingerprint density at radius 2 is 0.944 bits per heavy atom. The summed E-state index contributed by atoms with van der Waals surface area (Å²) in [7, 11) is -3.23. The van der Waals surface area contributed by atoms with Crippen molar-refractivity contribution < 1.29 is 4.57 Å². The molecule has 0 aliphatic heterocycles. The van der Waals surface area contributed by atoms with Crippen LogP contribution in [0.15, 0.2) is 140 Å². The third-order valence-electron chi connectivity index (χ3n) is 7.27. The molecule has 0 radical (unpaired) electrons. The lowest BCUT2D eigenvalue weighted by molar-refractivity contribution is 0.593. The second-order valence-electron chi connectivity index (χ2n) is 9.30. The van der Waals surface area contributed by atoms with Crippen molar-refractivity contribution in [3.05, 3.63) is 140 Å². The van der Waals surface area contributed by atoms with E-state index in [0.29, 0.717) is 0 Å². The van der Waals surface area contributed by atoms with E-state index in [4.69, 9.17) is 0 Å². The van der Waals surface area contributed by atoms with E-state index in [0.717, 1.165) is 42.8 Å². The lowest BCUT2D eigenvalue weighted by atomic mass is 9.98. The molecular weight excluding hydrogens is 455 g/mol. The molecule has 0 N–H and O–H groups in total. The predicted octanol–water partition coefficient (Wildman–Crippen LogP) is 7.94. The summed E-state index contributed by atoms with van der Waals surface area (Å²) in [6.07, 6.45) is 0. The molecule has 0 fully saturated rings. The minimum atomic E-state index is -3.23. The molecule has 0 aliphatic rings. The van der Waals surface area contributed by atoms with E-state index < -0.39 is 7.14 Å². The summed E-state index contributed by atoms with van der Waals surface area (Å²) in [4.78, 5) is 0. The zero-order valence-electron chi connectivity index (χ0n) is 19.6. The quantitative estimate of drug-likeness (QED) is 0.143. The van der Waals surface area contributed by atoms with Crippen molar-refractivity contribution in [3.8, 4) is 0 Å². The molecule has 0 aliphatic carbocycles. The first-order valence-electron chi connectivity index (χ1n) is 12.2. The van der Waals surface area contributed by atoms with E-state index in [9.17, 15) is 0 Å². The maximum Gasteiger partial charge on any atom is 0.172 e. The minimum Gasteiger partial charge on any atom is -0.309 e. The molecule has 1 nitrogen and oxygen atoms in total. The molecule has 2 heteroatoms. The highest BCUT2D eigenvalue weighted by molar-refractivity contribution is 7.86. The second kappa shape index (κ2) is 8.19. The highest BCUT2D eigenvalue weighted by atomic mass is 31.2. The van der Waals surface area contributed by atoms with Gasteiger partial charge in [0.2, 0.25) is 0 Å². The van der Waals surface area contributed by atoms with Gasteiger partial charge in [-0.15, -0.1) is 0 Å². The molecule has 0 heterocycles. The molecular formula is C34H23OP. The molecule has 0 saturated carbocycles. The Morgan fingerprint density at radius 1 is 0.361 bits per heavy atom. The molecule has 1 unspecified atom stereocenters. The Bertz CT molecular complexity index is 1970. The van der Waals surface area contributed by atoms with Gasteiger partial charge >= 0.3 is 0 Å². The van der Waals surface area contributed by atoms with E-state index in [1.54, 1.807) is 0 Å². The average Bonchev–Trinajstić information content (AvgIpc) is 2.95. The monoisotopic (exact) mass is 478 g/mol. The smallest absolute Gasteiger partial charge is 0.172 e. The first kappa shape index (κ1) is 21.1. The van der Waals surface area contributed by atoms with Crippen LogP contribution >= 0.6 is 7.14 Å². The Balaban J connectivity index is 1.67. The molecule has 0 spiro atoms. The molecule has 0 aromatic heterocycles. The number of hydrogen-bond acceptors (Lipinski definition) is 1. The largest absolute Gasteiger partial charge is 0.309 e. The van der Waals surface area contributed by atoms with Crippen LogP contribution in [0, 0.1) is 0 Å². The standard InChI is InChI=1S/C34H23OP/c35-36(28-15-2-1-3-16-28,33-20-10-14-24-11-6-7-17-29(24)33)34-23-27-21-25-12-4-5-13-26(25)22-32(27)30-18-8-9-19-31(30)34/h1-23H. The van der Waals surface area contributed by atoms with E-state index in [1.807, 2.05) is 48.5 Å². The van der Waals surface area contributed by atoms with Crippen LogP contribution in [0.25, 0.3) is 43.1 Å². The van der Waals surface area contributed by atoms with E-state index >= 15 is 4.57 Å². The highest BCUT2D eigenvalue weighted by Crippen LogP contribution is 2.47. The van der Waals surface area contributed by atoms with Gasteiger partial charge in [-0.25, -0.2) is 0 Å². The minimum absolute atomic E-state index is 0.853. The molecule has 7 aromatic carbocycles. The van der Waals surface area contributed by atoms with E-state index in [1.165, 1.54) is 16.2 Å². The van der Waals surface area contributed by atoms with Crippen LogP contribution in [0.3, 0.4) is 0 Å². The van der Waals surface area contributed by atoms with Crippen molar-refractivity contribution in [2.24, 2.45) is 0 Å². The second-order valence-corrected chi connectivity index (χ2v) is 12.0. The fourth-order valence-corrected chi connectivity index (χ4v) is 8.67. The van der Waals surface area contributed by atoms with Crippen molar-refractivity contribution in [2.75, 3.05) is 0 Å². The molecule has 36 heavy (non-hydrogen) atoms. The summed E-state index contributed by atoms with van der Waals surface area (Å²) in [5.41, 5.74) is 0. The number of hydrogen-bond donors (Lipinski definition) is 0. The Morgan fingerprint density at radius 3 is 1.72 bits per heavy atom. The molecule has 7 rings (SSSR count). The molecule has 170 valence electrons. The maximum atomic E-state index is 15.8. The fraction of sp³-hybridized carbons (Fsp3) is 0. The molecule has 0 bridgehead atoms. The summed E-state index contributed by atoms with van der Waals surface area (Å²) in [6.45, 7) is 0. The van der Waals surface area contributed by atoms with Gasteiger partial charge in [-0.1, -0.05) is 121 Å². The van der Waals surface area contributed by atoms with Gasteiger partial charge < -0.3 is 4.57 Å². The van der Waals surface area contributed by atoms with E-state index in [2.05, 4.69) is 91.0 Å². The van der Waals surface area contributed by atoms with Crippen LogP contribution in [-0.4, -0.2) is 0 Å². The topological polar surface area (TPSA) is 17.1 Å². The third kappa shape index (κ3) is 3.14. The first-order chi connectivity index (χ1) is 17.7. The summed E-state index contributed by atoms with van der Waals surface area (Å²) < 4.78 is 15.8. The van der Waals surface area contributed by atoms with Crippen LogP contribution in [-0.2, 0) is 4.57 Å². The number of fused-ring (bicyclic) bond motifs is 5. The van der Waals surface area contributed by atoms with Crippen LogP contribution in [0.1, 0.15) is 0 Å². The maximum absolute atomic E-state index is 15.8. The third-order valence-corrected chi connectivity index (χ3v) is 10.4. The zero-order chi connectivity index (χ0) is 24.1. The Hall–Kier alpha value is -4.19. The zero-order valence-corrected chi connectivity index (χ0v) is 20.5. The summed E-state index contributed by atoms with van der Waals surface area (Å²) >= 11 is 0. The van der Waals surface area contributed by atoms with Gasteiger partial charge in [-0.3, -0.25) is 0 Å². The van der Waals surface area contributed by atoms with E-state index in [-0.39, 0.29) is 0 Å².